The third-order valence-corrected chi connectivity index (χ3v) is 4.09. The summed E-state index contributed by atoms with van der Waals surface area (Å²) >= 11 is 0. The molecule has 0 N–H and O–H groups in total. The molecule has 1 saturated heterocycles. The molecule has 1 aromatic rings. The predicted octanol–water partition coefficient (Wildman–Crippen LogP) is 0.749. The fourth-order valence-corrected chi connectivity index (χ4v) is 2.90. The predicted molar refractivity (Wildman–Crippen MR) is 69.7 cm³/mol. The summed E-state index contributed by atoms with van der Waals surface area (Å²) in [7, 11) is 0. The van der Waals surface area contributed by atoms with Crippen LogP contribution in [0.4, 0.5) is 0 Å². The van der Waals surface area contributed by atoms with Crippen LogP contribution < -0.4 is 0 Å². The average Bonchev–Trinajstić information content (AvgIpc) is 2.85. The summed E-state index contributed by atoms with van der Waals surface area (Å²) in [6, 6.07) is 0. The van der Waals surface area contributed by atoms with Crippen LogP contribution >= 0.6 is 0 Å². The molecule has 3 heterocycles. The molecule has 102 valence electrons. The highest BCUT2D eigenvalue weighted by Gasteiger charge is 2.29. The molecule has 2 aliphatic heterocycles. The number of ether oxygens (including phenoxy) is 1. The number of carbonyl (C=O) groups is 1. The Morgan fingerprint density at radius 3 is 3.00 bits per heavy atom. The number of amides is 1. The number of nitrogens with zero attached hydrogens (tertiary/aromatic N) is 3. The van der Waals surface area contributed by atoms with E-state index in [9.17, 15) is 4.79 Å². The molecule has 0 radical (unpaired) electrons. The van der Waals surface area contributed by atoms with Gasteiger partial charge in [-0.05, 0) is 25.3 Å². The summed E-state index contributed by atoms with van der Waals surface area (Å²) < 4.78 is 5.31. The zero-order valence-electron chi connectivity index (χ0n) is 11.3. The van der Waals surface area contributed by atoms with Crippen LogP contribution in [0.25, 0.3) is 0 Å². The van der Waals surface area contributed by atoms with Crippen molar-refractivity contribution in [2.75, 3.05) is 26.3 Å². The standard InChI is InChI=1S/C14H19N3O2/c1-10-12-2-5-17(6-3-13(12)16-9-15-10)14(18)11-4-7-19-8-11/h9,11H,2-8H2,1H3/t11-/m0/s1. The summed E-state index contributed by atoms with van der Waals surface area (Å²) in [5, 5.41) is 0. The molecule has 19 heavy (non-hydrogen) atoms. The Bertz CT molecular complexity index is 484. The van der Waals surface area contributed by atoms with E-state index in [-0.39, 0.29) is 11.8 Å². The number of rotatable bonds is 1. The molecule has 0 aliphatic carbocycles. The first-order valence-electron chi connectivity index (χ1n) is 6.91. The molecular formula is C14H19N3O2. The molecule has 0 unspecified atom stereocenters. The van der Waals surface area contributed by atoms with Gasteiger partial charge in [0.1, 0.15) is 6.33 Å². The van der Waals surface area contributed by atoms with Gasteiger partial charge < -0.3 is 9.64 Å². The summed E-state index contributed by atoms with van der Waals surface area (Å²) in [5.41, 5.74) is 3.37. The van der Waals surface area contributed by atoms with Gasteiger partial charge in [0, 0.05) is 37.5 Å². The molecule has 1 fully saturated rings. The van der Waals surface area contributed by atoms with E-state index in [1.54, 1.807) is 6.33 Å². The van der Waals surface area contributed by atoms with Crippen LogP contribution in [-0.4, -0.2) is 47.1 Å². The monoisotopic (exact) mass is 261 g/mol. The van der Waals surface area contributed by atoms with Crippen molar-refractivity contribution in [2.24, 2.45) is 5.92 Å². The van der Waals surface area contributed by atoms with Crippen LogP contribution in [0.1, 0.15) is 23.4 Å². The SMILES string of the molecule is Cc1ncnc2c1CCN(C(=O)[C@H]1CCOC1)CC2. The van der Waals surface area contributed by atoms with Gasteiger partial charge in [-0.2, -0.15) is 0 Å². The van der Waals surface area contributed by atoms with Crippen molar-refractivity contribution < 1.29 is 9.53 Å². The van der Waals surface area contributed by atoms with E-state index in [2.05, 4.69) is 9.97 Å². The van der Waals surface area contributed by atoms with Gasteiger partial charge in [-0.3, -0.25) is 4.79 Å². The maximum Gasteiger partial charge on any atom is 0.228 e. The highest BCUT2D eigenvalue weighted by atomic mass is 16.5. The number of aromatic nitrogens is 2. The van der Waals surface area contributed by atoms with Gasteiger partial charge in [-0.1, -0.05) is 0 Å². The minimum atomic E-state index is 0.0633. The van der Waals surface area contributed by atoms with E-state index in [1.165, 1.54) is 5.56 Å². The maximum absolute atomic E-state index is 12.4. The summed E-state index contributed by atoms with van der Waals surface area (Å²) in [4.78, 5) is 23.0. The first-order chi connectivity index (χ1) is 9.25. The summed E-state index contributed by atoms with van der Waals surface area (Å²) in [6.45, 7) is 4.86. The van der Waals surface area contributed by atoms with Gasteiger partial charge in [0.15, 0.2) is 0 Å². The van der Waals surface area contributed by atoms with Crippen LogP contribution in [0.5, 0.6) is 0 Å². The lowest BCUT2D eigenvalue weighted by Gasteiger charge is -2.23. The van der Waals surface area contributed by atoms with Crippen molar-refractivity contribution in [3.8, 4) is 0 Å². The molecule has 5 heteroatoms. The van der Waals surface area contributed by atoms with Gasteiger partial charge in [-0.25, -0.2) is 9.97 Å². The quantitative estimate of drug-likeness (QED) is 0.748. The smallest absolute Gasteiger partial charge is 0.228 e. The third-order valence-electron chi connectivity index (χ3n) is 4.09. The zero-order chi connectivity index (χ0) is 13.2. The Labute approximate surface area is 113 Å². The Balaban J connectivity index is 1.72. The topological polar surface area (TPSA) is 55.3 Å². The third kappa shape index (κ3) is 2.47. The molecular weight excluding hydrogens is 242 g/mol. The molecule has 1 atom stereocenters. The molecule has 0 bridgehead atoms. The number of aryl methyl sites for hydroxylation is 1. The zero-order valence-corrected chi connectivity index (χ0v) is 11.3. The van der Waals surface area contributed by atoms with E-state index >= 15 is 0 Å². The van der Waals surface area contributed by atoms with Gasteiger partial charge >= 0.3 is 0 Å². The Morgan fingerprint density at radius 2 is 2.21 bits per heavy atom. The lowest BCUT2D eigenvalue weighted by atomic mass is 10.1. The van der Waals surface area contributed by atoms with Crippen molar-refractivity contribution in [3.05, 3.63) is 23.3 Å². The Hall–Kier alpha value is -1.49. The average molecular weight is 261 g/mol. The summed E-state index contributed by atoms with van der Waals surface area (Å²) in [6.07, 6.45) is 4.18. The van der Waals surface area contributed by atoms with E-state index in [4.69, 9.17) is 4.74 Å². The van der Waals surface area contributed by atoms with Crippen LogP contribution in [0.3, 0.4) is 0 Å². The van der Waals surface area contributed by atoms with Gasteiger partial charge in [0.2, 0.25) is 5.91 Å². The number of carbonyl (C=O) groups excluding carboxylic acids is 1. The van der Waals surface area contributed by atoms with Gasteiger partial charge in [-0.15, -0.1) is 0 Å². The molecule has 0 spiro atoms. The molecule has 2 aliphatic rings. The van der Waals surface area contributed by atoms with Crippen molar-refractivity contribution >= 4 is 5.91 Å². The normalized spacial score (nSPS) is 23.0. The molecule has 0 aromatic carbocycles. The second-order valence-corrected chi connectivity index (χ2v) is 5.27. The lowest BCUT2D eigenvalue weighted by molar-refractivity contribution is -0.135. The summed E-state index contributed by atoms with van der Waals surface area (Å²) in [5.74, 6) is 0.310. The molecule has 1 aromatic heterocycles. The van der Waals surface area contributed by atoms with Gasteiger partial charge in [0.25, 0.3) is 0 Å². The van der Waals surface area contributed by atoms with Crippen molar-refractivity contribution in [1.82, 2.24) is 14.9 Å². The molecule has 3 rings (SSSR count). The first kappa shape index (κ1) is 12.5. The number of fused-ring (bicyclic) bond motifs is 1. The second kappa shape index (κ2) is 5.25. The van der Waals surface area contributed by atoms with E-state index in [0.717, 1.165) is 50.3 Å². The minimum absolute atomic E-state index is 0.0633. The van der Waals surface area contributed by atoms with E-state index < -0.39 is 0 Å². The van der Waals surface area contributed by atoms with Gasteiger partial charge in [0.05, 0.1) is 12.5 Å². The fraction of sp³-hybridized carbons (Fsp3) is 0.643. The highest BCUT2D eigenvalue weighted by Crippen LogP contribution is 2.20. The maximum atomic E-state index is 12.4. The molecule has 5 nitrogen and oxygen atoms in total. The second-order valence-electron chi connectivity index (χ2n) is 5.27. The minimum Gasteiger partial charge on any atom is -0.381 e. The van der Waals surface area contributed by atoms with Crippen LogP contribution in [0.15, 0.2) is 6.33 Å². The lowest BCUT2D eigenvalue weighted by Crippen LogP contribution is -2.38. The van der Waals surface area contributed by atoms with Crippen molar-refractivity contribution in [3.63, 3.8) is 0 Å². The van der Waals surface area contributed by atoms with Crippen molar-refractivity contribution in [1.29, 1.82) is 0 Å². The van der Waals surface area contributed by atoms with Crippen LogP contribution in [0.2, 0.25) is 0 Å². The first-order valence-corrected chi connectivity index (χ1v) is 6.91. The van der Waals surface area contributed by atoms with E-state index in [1.807, 2.05) is 11.8 Å². The number of hydrogen-bond donors (Lipinski definition) is 0. The number of hydrogen-bond acceptors (Lipinski definition) is 4. The molecule has 1 amide bonds. The Kier molecular flexibility index (Phi) is 3.46. The van der Waals surface area contributed by atoms with Crippen molar-refractivity contribution in [2.45, 2.75) is 26.2 Å². The Morgan fingerprint density at radius 1 is 1.37 bits per heavy atom. The molecule has 0 saturated carbocycles. The van der Waals surface area contributed by atoms with Crippen LogP contribution in [-0.2, 0) is 22.4 Å². The fourth-order valence-electron chi connectivity index (χ4n) is 2.90. The highest BCUT2D eigenvalue weighted by molar-refractivity contribution is 5.79. The van der Waals surface area contributed by atoms with E-state index in [0.29, 0.717) is 6.61 Å². The van der Waals surface area contributed by atoms with Crippen LogP contribution in [0, 0.1) is 12.8 Å². The largest absolute Gasteiger partial charge is 0.381 e.